The maximum absolute atomic E-state index is 12.7. The number of ether oxygens (including phenoxy) is 2. The van der Waals surface area contributed by atoms with Crippen molar-refractivity contribution < 1.29 is 27.4 Å². The Kier molecular flexibility index (Phi) is 2.60. The van der Waals surface area contributed by atoms with E-state index in [2.05, 4.69) is 10.1 Å². The Morgan fingerprint density at radius 3 is 2.71 bits per heavy atom. The van der Waals surface area contributed by atoms with Crippen molar-refractivity contribution in [3.05, 3.63) is 23.8 Å². The molecule has 0 saturated heterocycles. The molecule has 7 heteroatoms. The summed E-state index contributed by atoms with van der Waals surface area (Å²) in [6.45, 7) is 0. The summed E-state index contributed by atoms with van der Waals surface area (Å²) < 4.78 is 47.2. The largest absolute Gasteiger partial charge is 0.495 e. The highest BCUT2D eigenvalue weighted by atomic mass is 19.4. The van der Waals surface area contributed by atoms with Crippen LogP contribution in [0.2, 0.25) is 0 Å². The third-order valence-corrected chi connectivity index (χ3v) is 2.31. The molecule has 0 bridgehead atoms. The summed E-state index contributed by atoms with van der Waals surface area (Å²) in [6, 6.07) is 4.09. The number of methoxy groups -OCH3 is 1. The Morgan fingerprint density at radius 2 is 2.12 bits per heavy atom. The van der Waals surface area contributed by atoms with Gasteiger partial charge in [-0.2, -0.15) is 13.2 Å². The molecule has 0 radical (unpaired) electrons. The zero-order valence-electron chi connectivity index (χ0n) is 8.67. The summed E-state index contributed by atoms with van der Waals surface area (Å²) in [5.74, 6) is 0.161. The molecule has 0 fully saturated rings. The molecular weight excluding hydrogens is 239 g/mol. The minimum Gasteiger partial charge on any atom is -0.495 e. The number of rotatable bonds is 1. The van der Waals surface area contributed by atoms with Crippen LogP contribution in [0.4, 0.5) is 23.7 Å². The number of hydrogen-bond donors (Lipinski definition) is 1. The SMILES string of the molecule is COc1cccc2c1NC(=O)OC2C(F)(F)F. The van der Waals surface area contributed by atoms with Gasteiger partial charge in [-0.05, 0) is 6.07 Å². The first-order valence-electron chi connectivity index (χ1n) is 4.64. The number of alkyl halides is 3. The number of carbonyl (C=O) groups excluding carboxylic acids is 1. The van der Waals surface area contributed by atoms with Crippen LogP contribution in [0.5, 0.6) is 5.75 Å². The van der Waals surface area contributed by atoms with E-state index in [1.165, 1.54) is 25.3 Å². The average Bonchev–Trinajstić information content (AvgIpc) is 2.26. The first-order valence-corrected chi connectivity index (χ1v) is 4.64. The van der Waals surface area contributed by atoms with Crippen molar-refractivity contribution in [2.45, 2.75) is 12.3 Å². The second-order valence-corrected chi connectivity index (χ2v) is 3.38. The van der Waals surface area contributed by atoms with Crippen LogP contribution in [-0.2, 0) is 4.74 Å². The predicted octanol–water partition coefficient (Wildman–Crippen LogP) is 2.86. The van der Waals surface area contributed by atoms with E-state index < -0.39 is 18.4 Å². The molecule has 1 N–H and O–H groups in total. The number of fused-ring (bicyclic) bond motifs is 1. The van der Waals surface area contributed by atoms with Gasteiger partial charge in [-0.25, -0.2) is 4.79 Å². The number of amides is 1. The standard InChI is InChI=1S/C10H8F3NO3/c1-16-6-4-2-3-5-7(6)14-9(15)17-8(5)10(11,12)13/h2-4,8H,1H3,(H,14,15). The molecule has 4 nitrogen and oxygen atoms in total. The number of anilines is 1. The minimum absolute atomic E-state index is 0.00595. The van der Waals surface area contributed by atoms with Crippen molar-refractivity contribution in [1.29, 1.82) is 0 Å². The minimum atomic E-state index is -4.65. The van der Waals surface area contributed by atoms with Gasteiger partial charge in [0.2, 0.25) is 6.10 Å². The topological polar surface area (TPSA) is 47.6 Å². The lowest BCUT2D eigenvalue weighted by Gasteiger charge is -2.28. The quantitative estimate of drug-likeness (QED) is 0.830. The van der Waals surface area contributed by atoms with Crippen LogP contribution in [0.25, 0.3) is 0 Å². The molecule has 1 aromatic carbocycles. The third kappa shape index (κ3) is 2.00. The Balaban J connectivity index is 2.55. The first kappa shape index (κ1) is 11.6. The molecule has 0 aromatic heterocycles. The summed E-state index contributed by atoms with van der Waals surface area (Å²) in [4.78, 5) is 11.1. The van der Waals surface area contributed by atoms with Gasteiger partial charge >= 0.3 is 12.3 Å². The van der Waals surface area contributed by atoms with Crippen molar-refractivity contribution in [1.82, 2.24) is 0 Å². The molecule has 1 aliphatic rings. The molecule has 1 heterocycles. The fourth-order valence-corrected chi connectivity index (χ4v) is 1.62. The monoisotopic (exact) mass is 247 g/mol. The lowest BCUT2D eigenvalue weighted by molar-refractivity contribution is -0.206. The summed E-state index contributed by atoms with van der Waals surface area (Å²) in [5, 5.41) is 2.20. The lowest BCUT2D eigenvalue weighted by Crippen LogP contribution is -2.33. The number of hydrogen-bond acceptors (Lipinski definition) is 3. The zero-order valence-corrected chi connectivity index (χ0v) is 8.67. The summed E-state index contributed by atoms with van der Waals surface area (Å²) in [7, 11) is 1.31. The third-order valence-electron chi connectivity index (χ3n) is 2.31. The van der Waals surface area contributed by atoms with E-state index >= 15 is 0 Å². The van der Waals surface area contributed by atoms with Gasteiger partial charge < -0.3 is 9.47 Å². The van der Waals surface area contributed by atoms with Crippen molar-refractivity contribution in [3.63, 3.8) is 0 Å². The van der Waals surface area contributed by atoms with Crippen LogP contribution in [0, 0.1) is 0 Å². The number of cyclic esters (lactones) is 1. The van der Waals surface area contributed by atoms with E-state index in [1.807, 2.05) is 0 Å². The van der Waals surface area contributed by atoms with Crippen molar-refractivity contribution >= 4 is 11.8 Å². The van der Waals surface area contributed by atoms with Crippen molar-refractivity contribution in [3.8, 4) is 5.75 Å². The van der Waals surface area contributed by atoms with Gasteiger partial charge in [-0.1, -0.05) is 12.1 Å². The number of para-hydroxylation sites is 1. The molecule has 1 unspecified atom stereocenters. The summed E-state index contributed by atoms with van der Waals surface area (Å²) in [5.41, 5.74) is -0.176. The molecule has 1 amide bonds. The Bertz CT molecular complexity index is 459. The maximum atomic E-state index is 12.7. The molecule has 1 aromatic rings. The van der Waals surface area contributed by atoms with E-state index in [4.69, 9.17) is 4.74 Å². The van der Waals surface area contributed by atoms with Crippen molar-refractivity contribution in [2.75, 3.05) is 12.4 Å². The zero-order chi connectivity index (χ0) is 12.6. The number of benzene rings is 1. The van der Waals surface area contributed by atoms with Gasteiger partial charge in [-0.15, -0.1) is 0 Å². The van der Waals surface area contributed by atoms with Gasteiger partial charge in [0.05, 0.1) is 12.8 Å². The fourth-order valence-electron chi connectivity index (χ4n) is 1.62. The molecule has 92 valence electrons. The van der Waals surface area contributed by atoms with E-state index in [-0.39, 0.29) is 17.0 Å². The Morgan fingerprint density at radius 1 is 1.41 bits per heavy atom. The lowest BCUT2D eigenvalue weighted by atomic mass is 10.0. The number of carbonyl (C=O) groups is 1. The average molecular weight is 247 g/mol. The van der Waals surface area contributed by atoms with Gasteiger partial charge in [0.15, 0.2) is 0 Å². The van der Waals surface area contributed by atoms with Gasteiger partial charge in [0.25, 0.3) is 0 Å². The highest BCUT2D eigenvalue weighted by Crippen LogP contribution is 2.44. The molecule has 0 spiro atoms. The predicted molar refractivity (Wildman–Crippen MR) is 51.9 cm³/mol. The summed E-state index contributed by atoms with van der Waals surface area (Å²) in [6.07, 6.45) is -8.07. The molecule has 17 heavy (non-hydrogen) atoms. The highest BCUT2D eigenvalue weighted by Gasteiger charge is 2.47. The maximum Gasteiger partial charge on any atom is 0.430 e. The van der Waals surface area contributed by atoms with Gasteiger partial charge in [0.1, 0.15) is 5.75 Å². The highest BCUT2D eigenvalue weighted by molar-refractivity contribution is 5.90. The van der Waals surface area contributed by atoms with Crippen LogP contribution in [0.15, 0.2) is 18.2 Å². The van der Waals surface area contributed by atoms with E-state index in [1.54, 1.807) is 0 Å². The van der Waals surface area contributed by atoms with E-state index in [9.17, 15) is 18.0 Å². The van der Waals surface area contributed by atoms with Crippen LogP contribution in [0.3, 0.4) is 0 Å². The smallest absolute Gasteiger partial charge is 0.430 e. The molecular formula is C10H8F3NO3. The second kappa shape index (κ2) is 3.83. The van der Waals surface area contributed by atoms with Gasteiger partial charge in [-0.3, -0.25) is 5.32 Å². The van der Waals surface area contributed by atoms with E-state index in [0.29, 0.717) is 0 Å². The fraction of sp³-hybridized carbons (Fsp3) is 0.300. The Labute approximate surface area is 94.3 Å². The van der Waals surface area contributed by atoms with Crippen molar-refractivity contribution in [2.24, 2.45) is 0 Å². The van der Waals surface area contributed by atoms with E-state index in [0.717, 1.165) is 0 Å². The van der Waals surface area contributed by atoms with Crippen LogP contribution < -0.4 is 10.1 Å². The molecule has 1 atom stereocenters. The second-order valence-electron chi connectivity index (χ2n) is 3.38. The molecule has 0 aliphatic carbocycles. The molecule has 0 saturated carbocycles. The summed E-state index contributed by atoms with van der Waals surface area (Å²) >= 11 is 0. The number of nitrogens with one attached hydrogen (secondary N) is 1. The normalized spacial score (nSPS) is 19.1. The number of halogens is 3. The Hall–Kier alpha value is -1.92. The van der Waals surface area contributed by atoms with Crippen LogP contribution in [-0.4, -0.2) is 19.4 Å². The first-order chi connectivity index (χ1) is 7.93. The van der Waals surface area contributed by atoms with Crippen LogP contribution >= 0.6 is 0 Å². The van der Waals surface area contributed by atoms with Crippen LogP contribution in [0.1, 0.15) is 11.7 Å². The van der Waals surface area contributed by atoms with Gasteiger partial charge in [0, 0.05) is 5.56 Å². The molecule has 1 aliphatic heterocycles. The molecule has 2 rings (SSSR count).